The molecule has 0 amide bonds. The van der Waals surface area contributed by atoms with Crippen molar-refractivity contribution < 1.29 is 14.6 Å². The Morgan fingerprint density at radius 1 is 1.45 bits per heavy atom. The predicted octanol–water partition coefficient (Wildman–Crippen LogP) is 0.174. The second-order valence-corrected chi connectivity index (χ2v) is 3.48. The molecule has 2 rings (SSSR count). The van der Waals surface area contributed by atoms with Crippen LogP contribution in [-0.4, -0.2) is 37.6 Å². The minimum Gasteiger partial charge on any atom is -0.396 e. The summed E-state index contributed by atoms with van der Waals surface area (Å²) in [4.78, 5) is 0. The predicted molar refractivity (Wildman–Crippen MR) is 39.3 cm³/mol. The molecule has 0 aliphatic carbocycles. The van der Waals surface area contributed by atoms with Crippen molar-refractivity contribution in [2.45, 2.75) is 18.9 Å². The molecule has 0 aromatic carbocycles. The van der Waals surface area contributed by atoms with Gasteiger partial charge < -0.3 is 14.6 Å². The van der Waals surface area contributed by atoms with E-state index in [1.54, 1.807) is 0 Å². The van der Waals surface area contributed by atoms with Gasteiger partial charge in [-0.3, -0.25) is 0 Å². The van der Waals surface area contributed by atoms with Crippen molar-refractivity contribution in [3.63, 3.8) is 0 Å². The number of hydrogen-bond donors (Lipinski definition) is 1. The van der Waals surface area contributed by atoms with E-state index in [4.69, 9.17) is 14.6 Å². The standard InChI is InChI=1S/C8H14O3/c9-3-2-8(5-10-6-8)7-1-4-11-7/h7,9H,1-6H2. The topological polar surface area (TPSA) is 38.7 Å². The van der Waals surface area contributed by atoms with Gasteiger partial charge in [-0.1, -0.05) is 0 Å². The van der Waals surface area contributed by atoms with Crippen molar-refractivity contribution in [2.75, 3.05) is 26.4 Å². The molecule has 0 saturated carbocycles. The second-order valence-electron chi connectivity index (χ2n) is 3.48. The van der Waals surface area contributed by atoms with Crippen molar-refractivity contribution in [1.29, 1.82) is 0 Å². The Morgan fingerprint density at radius 3 is 2.45 bits per heavy atom. The molecule has 1 N–H and O–H groups in total. The van der Waals surface area contributed by atoms with Gasteiger partial charge in [0, 0.05) is 18.6 Å². The molecule has 2 aliphatic heterocycles. The van der Waals surface area contributed by atoms with Crippen LogP contribution in [0.5, 0.6) is 0 Å². The Bertz CT molecular complexity index is 138. The van der Waals surface area contributed by atoms with Crippen LogP contribution in [0.2, 0.25) is 0 Å². The number of aliphatic hydroxyl groups is 1. The molecule has 0 bridgehead atoms. The maximum absolute atomic E-state index is 8.82. The summed E-state index contributed by atoms with van der Waals surface area (Å²) < 4.78 is 10.6. The maximum atomic E-state index is 8.82. The maximum Gasteiger partial charge on any atom is 0.0698 e. The van der Waals surface area contributed by atoms with E-state index >= 15 is 0 Å². The molecule has 1 unspecified atom stereocenters. The van der Waals surface area contributed by atoms with Gasteiger partial charge in [-0.05, 0) is 12.8 Å². The van der Waals surface area contributed by atoms with Crippen molar-refractivity contribution in [1.82, 2.24) is 0 Å². The fourth-order valence-electron chi connectivity index (χ4n) is 1.80. The van der Waals surface area contributed by atoms with Crippen LogP contribution >= 0.6 is 0 Å². The molecule has 64 valence electrons. The fraction of sp³-hybridized carbons (Fsp3) is 1.00. The Labute approximate surface area is 66.3 Å². The number of hydrogen-bond acceptors (Lipinski definition) is 3. The van der Waals surface area contributed by atoms with Gasteiger partial charge in [-0.15, -0.1) is 0 Å². The molecule has 11 heavy (non-hydrogen) atoms. The smallest absolute Gasteiger partial charge is 0.0698 e. The Kier molecular flexibility index (Phi) is 1.87. The van der Waals surface area contributed by atoms with Crippen LogP contribution in [0.1, 0.15) is 12.8 Å². The molecule has 3 heteroatoms. The molecule has 0 aromatic heterocycles. The van der Waals surface area contributed by atoms with E-state index in [0.717, 1.165) is 32.7 Å². The lowest BCUT2D eigenvalue weighted by Gasteiger charge is -2.50. The summed E-state index contributed by atoms with van der Waals surface area (Å²) in [6.07, 6.45) is 2.34. The number of aliphatic hydroxyl groups excluding tert-OH is 1. The lowest BCUT2D eigenvalue weighted by molar-refractivity contribution is -0.232. The zero-order chi connectivity index (χ0) is 7.73. The van der Waals surface area contributed by atoms with Gasteiger partial charge in [0.2, 0.25) is 0 Å². The molecule has 0 radical (unpaired) electrons. The summed E-state index contributed by atoms with van der Waals surface area (Å²) >= 11 is 0. The Morgan fingerprint density at radius 2 is 2.18 bits per heavy atom. The van der Waals surface area contributed by atoms with E-state index in [2.05, 4.69) is 0 Å². The molecule has 2 aliphatic rings. The zero-order valence-electron chi connectivity index (χ0n) is 6.58. The molecule has 3 nitrogen and oxygen atoms in total. The zero-order valence-corrected chi connectivity index (χ0v) is 6.58. The van der Waals surface area contributed by atoms with Crippen LogP contribution in [0.3, 0.4) is 0 Å². The molecule has 0 spiro atoms. The lowest BCUT2D eigenvalue weighted by Crippen LogP contribution is -2.56. The normalized spacial score (nSPS) is 34.1. The molecule has 1 atom stereocenters. The van der Waals surface area contributed by atoms with Crippen LogP contribution in [0.15, 0.2) is 0 Å². The summed E-state index contributed by atoms with van der Waals surface area (Å²) in [6.45, 7) is 2.69. The van der Waals surface area contributed by atoms with Crippen molar-refractivity contribution >= 4 is 0 Å². The van der Waals surface area contributed by atoms with Gasteiger partial charge in [0.1, 0.15) is 0 Å². The largest absolute Gasteiger partial charge is 0.396 e. The van der Waals surface area contributed by atoms with Crippen LogP contribution < -0.4 is 0 Å². The van der Waals surface area contributed by atoms with Crippen LogP contribution in [-0.2, 0) is 9.47 Å². The average Bonchev–Trinajstić information content (AvgIpc) is 1.79. The van der Waals surface area contributed by atoms with Gasteiger partial charge >= 0.3 is 0 Å². The number of rotatable bonds is 3. The first kappa shape index (κ1) is 7.53. The highest BCUT2D eigenvalue weighted by atomic mass is 16.5. The highest BCUT2D eigenvalue weighted by Gasteiger charge is 2.48. The van der Waals surface area contributed by atoms with Gasteiger partial charge in [-0.25, -0.2) is 0 Å². The summed E-state index contributed by atoms with van der Waals surface area (Å²) in [6, 6.07) is 0. The third-order valence-corrected chi connectivity index (χ3v) is 2.77. The highest BCUT2D eigenvalue weighted by molar-refractivity contribution is 4.95. The van der Waals surface area contributed by atoms with E-state index in [9.17, 15) is 0 Å². The van der Waals surface area contributed by atoms with Crippen LogP contribution in [0, 0.1) is 5.41 Å². The molecule has 2 saturated heterocycles. The minimum atomic E-state index is 0.174. The molecule has 2 fully saturated rings. The summed E-state index contributed by atoms with van der Waals surface area (Å²) in [5.41, 5.74) is 0.174. The Hall–Kier alpha value is -0.120. The van der Waals surface area contributed by atoms with E-state index in [1.165, 1.54) is 0 Å². The quantitative estimate of drug-likeness (QED) is 0.636. The number of ether oxygens (including phenoxy) is 2. The van der Waals surface area contributed by atoms with Crippen LogP contribution in [0.4, 0.5) is 0 Å². The fourth-order valence-corrected chi connectivity index (χ4v) is 1.80. The molecular formula is C8H14O3. The van der Waals surface area contributed by atoms with Gasteiger partial charge in [0.25, 0.3) is 0 Å². The SMILES string of the molecule is OCCC1(C2CCO2)COC1. The minimum absolute atomic E-state index is 0.174. The molecule has 0 aromatic rings. The first-order valence-corrected chi connectivity index (χ1v) is 4.18. The van der Waals surface area contributed by atoms with Gasteiger partial charge in [0.15, 0.2) is 0 Å². The average molecular weight is 158 g/mol. The second kappa shape index (κ2) is 2.73. The third kappa shape index (κ3) is 1.08. The molecular weight excluding hydrogens is 144 g/mol. The van der Waals surface area contributed by atoms with E-state index in [0.29, 0.717) is 6.10 Å². The molecule has 2 heterocycles. The summed E-state index contributed by atoms with van der Waals surface area (Å²) in [7, 11) is 0. The lowest BCUT2D eigenvalue weighted by atomic mass is 9.74. The van der Waals surface area contributed by atoms with E-state index < -0.39 is 0 Å². The first-order chi connectivity index (χ1) is 5.37. The summed E-state index contributed by atoms with van der Waals surface area (Å²) in [5, 5.41) is 8.82. The highest BCUT2D eigenvalue weighted by Crippen LogP contribution is 2.41. The summed E-state index contributed by atoms with van der Waals surface area (Å²) in [5.74, 6) is 0. The van der Waals surface area contributed by atoms with Crippen molar-refractivity contribution in [2.24, 2.45) is 5.41 Å². The third-order valence-electron chi connectivity index (χ3n) is 2.77. The van der Waals surface area contributed by atoms with Crippen molar-refractivity contribution in [3.05, 3.63) is 0 Å². The van der Waals surface area contributed by atoms with E-state index in [-0.39, 0.29) is 12.0 Å². The van der Waals surface area contributed by atoms with Gasteiger partial charge in [0.05, 0.1) is 19.3 Å². The van der Waals surface area contributed by atoms with Crippen LogP contribution in [0.25, 0.3) is 0 Å². The van der Waals surface area contributed by atoms with Crippen molar-refractivity contribution in [3.8, 4) is 0 Å². The first-order valence-electron chi connectivity index (χ1n) is 4.18. The van der Waals surface area contributed by atoms with E-state index in [1.807, 2.05) is 0 Å². The monoisotopic (exact) mass is 158 g/mol. The van der Waals surface area contributed by atoms with Gasteiger partial charge in [-0.2, -0.15) is 0 Å². The Balaban J connectivity index is 1.92.